The summed E-state index contributed by atoms with van der Waals surface area (Å²) in [5.41, 5.74) is 2.13. The Labute approximate surface area is 168 Å². The van der Waals surface area contributed by atoms with Crippen molar-refractivity contribution in [2.24, 2.45) is 0 Å². The lowest BCUT2D eigenvalue weighted by atomic mass is 10.1. The molecule has 0 radical (unpaired) electrons. The molecule has 1 aromatic carbocycles. The number of nitrogens with zero attached hydrogens (tertiary/aromatic N) is 4. The fourth-order valence-electron chi connectivity index (χ4n) is 3.67. The van der Waals surface area contributed by atoms with Crippen LogP contribution in [-0.2, 0) is 17.8 Å². The van der Waals surface area contributed by atoms with Gasteiger partial charge in [-0.15, -0.1) is 0 Å². The van der Waals surface area contributed by atoms with Gasteiger partial charge in [-0.2, -0.15) is 0 Å². The lowest BCUT2D eigenvalue weighted by Crippen LogP contribution is -2.48. The summed E-state index contributed by atoms with van der Waals surface area (Å²) >= 11 is 0. The van der Waals surface area contributed by atoms with Crippen LogP contribution in [0.25, 0.3) is 5.65 Å². The van der Waals surface area contributed by atoms with Crippen LogP contribution in [0, 0.1) is 5.82 Å². The lowest BCUT2D eigenvalue weighted by Gasteiger charge is -2.34. The average molecular weight is 394 g/mol. The number of pyridine rings is 1. The highest BCUT2D eigenvalue weighted by Crippen LogP contribution is 2.11. The molecule has 3 aromatic rings. The van der Waals surface area contributed by atoms with E-state index in [0.717, 1.165) is 24.3 Å². The summed E-state index contributed by atoms with van der Waals surface area (Å²) in [4.78, 5) is 33.3. The Bertz CT molecular complexity index is 1070. The van der Waals surface area contributed by atoms with Crippen LogP contribution in [-0.4, -0.2) is 51.3 Å². The van der Waals surface area contributed by atoms with Crippen LogP contribution >= 0.6 is 0 Å². The molecule has 0 unspecified atom stereocenters. The van der Waals surface area contributed by atoms with Crippen LogP contribution in [0.15, 0.2) is 59.5 Å². The number of amides is 1. The summed E-state index contributed by atoms with van der Waals surface area (Å²) < 4.78 is 14.8. The molecule has 29 heavy (non-hydrogen) atoms. The third-order valence-electron chi connectivity index (χ3n) is 5.25. The first-order valence-corrected chi connectivity index (χ1v) is 9.80. The molecule has 2 aromatic heterocycles. The first-order valence-electron chi connectivity index (χ1n) is 9.80. The van der Waals surface area contributed by atoms with Crippen molar-refractivity contribution in [3.05, 3.63) is 82.2 Å². The molecule has 1 saturated heterocycles. The van der Waals surface area contributed by atoms with E-state index in [9.17, 15) is 14.0 Å². The number of carbonyl (C=O) groups excluding carboxylic acids is 1. The van der Waals surface area contributed by atoms with E-state index in [4.69, 9.17) is 0 Å². The highest BCUT2D eigenvalue weighted by molar-refractivity contribution is 5.76. The molecule has 3 heterocycles. The smallest absolute Gasteiger partial charge is 0.258 e. The Morgan fingerprint density at radius 3 is 2.66 bits per heavy atom. The van der Waals surface area contributed by atoms with E-state index in [2.05, 4.69) is 9.88 Å². The van der Waals surface area contributed by atoms with E-state index in [-0.39, 0.29) is 17.3 Å². The molecule has 0 N–H and O–H groups in total. The van der Waals surface area contributed by atoms with Crippen molar-refractivity contribution < 1.29 is 9.18 Å². The lowest BCUT2D eigenvalue weighted by molar-refractivity contribution is -0.133. The summed E-state index contributed by atoms with van der Waals surface area (Å²) in [5.74, 6) is -0.179. The molecule has 0 atom stereocenters. The maximum atomic E-state index is 13.3. The molecule has 4 rings (SSSR count). The number of piperazine rings is 1. The zero-order chi connectivity index (χ0) is 20.2. The number of fused-ring (bicyclic) bond motifs is 1. The fourth-order valence-corrected chi connectivity index (χ4v) is 3.67. The van der Waals surface area contributed by atoms with Crippen molar-refractivity contribution in [2.75, 3.05) is 26.2 Å². The molecule has 0 spiro atoms. The van der Waals surface area contributed by atoms with Gasteiger partial charge in [0.15, 0.2) is 0 Å². The normalized spacial score (nSPS) is 15.0. The van der Waals surface area contributed by atoms with Gasteiger partial charge in [-0.3, -0.25) is 18.9 Å². The predicted octanol–water partition coefficient (Wildman–Crippen LogP) is 2.11. The van der Waals surface area contributed by atoms with Gasteiger partial charge in [0, 0.05) is 51.4 Å². The van der Waals surface area contributed by atoms with Gasteiger partial charge in [-0.05, 0) is 36.2 Å². The molecule has 7 heteroatoms. The molecule has 1 aliphatic heterocycles. The molecule has 0 bridgehead atoms. The van der Waals surface area contributed by atoms with E-state index in [1.807, 2.05) is 23.1 Å². The molecular weight excluding hydrogens is 371 g/mol. The molecule has 1 amide bonds. The Morgan fingerprint density at radius 2 is 1.86 bits per heavy atom. The minimum atomic E-state index is -0.273. The van der Waals surface area contributed by atoms with E-state index < -0.39 is 0 Å². The number of hydrogen-bond acceptors (Lipinski definition) is 4. The van der Waals surface area contributed by atoms with Crippen molar-refractivity contribution in [1.29, 1.82) is 0 Å². The van der Waals surface area contributed by atoms with Crippen molar-refractivity contribution >= 4 is 11.6 Å². The van der Waals surface area contributed by atoms with Gasteiger partial charge in [0.05, 0.1) is 5.69 Å². The number of halogens is 1. The van der Waals surface area contributed by atoms with Crippen LogP contribution in [0.2, 0.25) is 0 Å². The maximum absolute atomic E-state index is 13.3. The third kappa shape index (κ3) is 4.68. The average Bonchev–Trinajstić information content (AvgIpc) is 2.73. The predicted molar refractivity (Wildman–Crippen MR) is 108 cm³/mol. The van der Waals surface area contributed by atoms with Crippen LogP contribution in [0.5, 0.6) is 0 Å². The van der Waals surface area contributed by atoms with E-state index in [1.165, 1.54) is 16.5 Å². The number of carbonyl (C=O) groups is 1. The van der Waals surface area contributed by atoms with Crippen LogP contribution in [0.1, 0.15) is 17.7 Å². The number of aryl methyl sites for hydroxylation is 1. The molecule has 1 fully saturated rings. The fraction of sp³-hybridized carbons (Fsp3) is 0.318. The van der Waals surface area contributed by atoms with Crippen molar-refractivity contribution in [1.82, 2.24) is 19.2 Å². The number of hydrogen-bond donors (Lipinski definition) is 0. The topological polar surface area (TPSA) is 57.9 Å². The van der Waals surface area contributed by atoms with E-state index in [0.29, 0.717) is 38.1 Å². The second-order valence-electron chi connectivity index (χ2n) is 7.30. The summed E-state index contributed by atoms with van der Waals surface area (Å²) in [6.45, 7) is 3.36. The zero-order valence-electron chi connectivity index (χ0n) is 16.1. The summed E-state index contributed by atoms with van der Waals surface area (Å²) in [5, 5.41) is 0. The maximum Gasteiger partial charge on any atom is 0.258 e. The zero-order valence-corrected chi connectivity index (χ0v) is 16.1. The van der Waals surface area contributed by atoms with Gasteiger partial charge in [0.25, 0.3) is 5.56 Å². The van der Waals surface area contributed by atoms with Crippen molar-refractivity contribution in [2.45, 2.75) is 19.4 Å². The monoisotopic (exact) mass is 394 g/mol. The Hall–Kier alpha value is -3.06. The second-order valence-corrected chi connectivity index (χ2v) is 7.30. The molecule has 0 aliphatic carbocycles. The SMILES string of the molecule is O=C(CCc1cccc(F)c1)N1CCN(Cc2cc(=O)n3ccccc3n2)CC1. The molecular formula is C22H23FN4O2. The third-order valence-corrected chi connectivity index (χ3v) is 5.25. The molecule has 0 saturated carbocycles. The first kappa shape index (κ1) is 19.3. The highest BCUT2D eigenvalue weighted by Gasteiger charge is 2.21. The summed E-state index contributed by atoms with van der Waals surface area (Å²) in [6, 6.07) is 13.4. The van der Waals surface area contributed by atoms with Crippen LogP contribution in [0.4, 0.5) is 4.39 Å². The first-order chi connectivity index (χ1) is 14.1. The van der Waals surface area contributed by atoms with E-state index >= 15 is 0 Å². The molecule has 6 nitrogen and oxygen atoms in total. The van der Waals surface area contributed by atoms with Crippen LogP contribution < -0.4 is 5.56 Å². The Morgan fingerprint density at radius 1 is 1.03 bits per heavy atom. The van der Waals surface area contributed by atoms with Crippen LogP contribution in [0.3, 0.4) is 0 Å². The summed E-state index contributed by atoms with van der Waals surface area (Å²) in [7, 11) is 0. The van der Waals surface area contributed by atoms with Gasteiger partial charge >= 0.3 is 0 Å². The minimum Gasteiger partial charge on any atom is -0.340 e. The number of rotatable bonds is 5. The largest absolute Gasteiger partial charge is 0.340 e. The quantitative estimate of drug-likeness (QED) is 0.665. The van der Waals surface area contributed by atoms with Gasteiger partial charge < -0.3 is 4.90 Å². The summed E-state index contributed by atoms with van der Waals surface area (Å²) in [6.07, 6.45) is 2.64. The van der Waals surface area contributed by atoms with Gasteiger partial charge in [0.2, 0.25) is 5.91 Å². The van der Waals surface area contributed by atoms with Crippen molar-refractivity contribution in [3.63, 3.8) is 0 Å². The molecule has 1 aliphatic rings. The number of aromatic nitrogens is 2. The van der Waals surface area contributed by atoms with Gasteiger partial charge in [-0.1, -0.05) is 18.2 Å². The van der Waals surface area contributed by atoms with Crippen molar-refractivity contribution in [3.8, 4) is 0 Å². The van der Waals surface area contributed by atoms with E-state index in [1.54, 1.807) is 24.4 Å². The second kappa shape index (κ2) is 8.53. The molecule has 150 valence electrons. The Balaban J connectivity index is 1.30. The minimum absolute atomic E-state index is 0.0863. The highest BCUT2D eigenvalue weighted by atomic mass is 19.1. The van der Waals surface area contributed by atoms with Gasteiger partial charge in [0.1, 0.15) is 11.5 Å². The van der Waals surface area contributed by atoms with Gasteiger partial charge in [-0.25, -0.2) is 9.37 Å². The standard InChI is InChI=1S/C22H23FN4O2/c23-18-5-3-4-17(14-18)7-8-21(28)26-12-10-25(11-13-26)16-19-15-22(29)27-9-2-1-6-20(27)24-19/h1-6,9,14-15H,7-8,10-13,16H2. The number of benzene rings is 1. The Kier molecular flexibility index (Phi) is 5.67.